The average molecular weight is 275 g/mol. The minimum atomic E-state index is -0.318. The molecule has 0 radical (unpaired) electrons. The fourth-order valence-corrected chi connectivity index (χ4v) is 2.66. The van der Waals surface area contributed by atoms with Crippen LogP contribution in [0.5, 0.6) is 0 Å². The summed E-state index contributed by atoms with van der Waals surface area (Å²) >= 11 is 0. The van der Waals surface area contributed by atoms with Crippen molar-refractivity contribution in [2.75, 3.05) is 6.54 Å². The van der Waals surface area contributed by atoms with Crippen molar-refractivity contribution in [3.63, 3.8) is 0 Å². The number of rotatable bonds is 5. The summed E-state index contributed by atoms with van der Waals surface area (Å²) in [6, 6.07) is 0. The second-order valence-electron chi connectivity index (χ2n) is 5.40. The number of allylic oxidation sites excluding steroid dienone is 2. The van der Waals surface area contributed by atoms with Crippen molar-refractivity contribution in [1.29, 1.82) is 0 Å². The summed E-state index contributed by atoms with van der Waals surface area (Å²) in [5.74, 6) is 0.667. The maximum atomic E-state index is 11.1. The third-order valence-electron chi connectivity index (χ3n) is 3.86. The molecule has 5 heteroatoms. The maximum Gasteiger partial charge on any atom is 0.278 e. The van der Waals surface area contributed by atoms with Crippen LogP contribution in [-0.2, 0) is 6.54 Å². The van der Waals surface area contributed by atoms with E-state index in [1.807, 2.05) is 0 Å². The fourth-order valence-electron chi connectivity index (χ4n) is 2.66. The number of aryl methyl sites for hydroxylation is 1. The lowest BCUT2D eigenvalue weighted by Crippen LogP contribution is -2.24. The van der Waals surface area contributed by atoms with Crippen LogP contribution in [0.3, 0.4) is 0 Å². The summed E-state index contributed by atoms with van der Waals surface area (Å²) < 4.78 is 0. The van der Waals surface area contributed by atoms with Gasteiger partial charge in [0, 0.05) is 23.9 Å². The Labute approximate surface area is 119 Å². The number of nitrogens with zero attached hydrogens (tertiary/aromatic N) is 2. The first-order valence-electron chi connectivity index (χ1n) is 7.04. The van der Waals surface area contributed by atoms with E-state index in [1.165, 1.54) is 6.42 Å². The number of nitro groups is 1. The van der Waals surface area contributed by atoms with Crippen molar-refractivity contribution in [2.24, 2.45) is 5.92 Å². The van der Waals surface area contributed by atoms with Crippen LogP contribution < -0.4 is 5.32 Å². The normalized spacial score (nSPS) is 18.2. The maximum absolute atomic E-state index is 11.1. The molecule has 0 amide bonds. The van der Waals surface area contributed by atoms with Gasteiger partial charge in [0.2, 0.25) is 0 Å². The molecule has 2 rings (SSSR count). The molecule has 1 atom stereocenters. The molecule has 108 valence electrons. The van der Waals surface area contributed by atoms with Crippen molar-refractivity contribution in [2.45, 2.75) is 39.7 Å². The molecule has 0 fully saturated rings. The lowest BCUT2D eigenvalue weighted by molar-refractivity contribution is -0.386. The quantitative estimate of drug-likeness (QED) is 0.509. The van der Waals surface area contributed by atoms with E-state index in [2.05, 4.69) is 22.5 Å². The molecule has 0 aliphatic heterocycles. The van der Waals surface area contributed by atoms with Crippen LogP contribution >= 0.6 is 0 Å². The second kappa shape index (κ2) is 6.61. The highest BCUT2D eigenvalue weighted by Gasteiger charge is 2.18. The molecular formula is C15H21N3O2. The SMILES string of the molecule is Cc1cnc(CNCC2CC=CCC2)c(C)c1[N+](=O)[O-]. The number of hydrogen-bond donors (Lipinski definition) is 1. The third-order valence-corrected chi connectivity index (χ3v) is 3.86. The Kier molecular flexibility index (Phi) is 4.84. The van der Waals surface area contributed by atoms with Gasteiger partial charge in [-0.1, -0.05) is 12.2 Å². The molecular weight excluding hydrogens is 254 g/mol. The van der Waals surface area contributed by atoms with Gasteiger partial charge in [0.15, 0.2) is 0 Å². The number of nitrogens with one attached hydrogen (secondary N) is 1. The first-order valence-corrected chi connectivity index (χ1v) is 7.04. The van der Waals surface area contributed by atoms with Gasteiger partial charge in [0.05, 0.1) is 10.6 Å². The minimum Gasteiger partial charge on any atom is -0.311 e. The van der Waals surface area contributed by atoms with Crippen molar-refractivity contribution < 1.29 is 4.92 Å². The molecule has 1 aliphatic carbocycles. The molecule has 1 unspecified atom stereocenters. The summed E-state index contributed by atoms with van der Waals surface area (Å²) in [5.41, 5.74) is 2.26. The zero-order valence-corrected chi connectivity index (χ0v) is 12.1. The van der Waals surface area contributed by atoms with Crippen LogP contribution in [0.2, 0.25) is 0 Å². The van der Waals surface area contributed by atoms with Gasteiger partial charge in [-0.2, -0.15) is 0 Å². The monoisotopic (exact) mass is 275 g/mol. The predicted octanol–water partition coefficient (Wildman–Crippen LogP) is 3.05. The molecule has 1 N–H and O–H groups in total. The smallest absolute Gasteiger partial charge is 0.278 e. The number of aromatic nitrogens is 1. The van der Waals surface area contributed by atoms with Crippen molar-refractivity contribution in [3.8, 4) is 0 Å². The summed E-state index contributed by atoms with van der Waals surface area (Å²) in [7, 11) is 0. The van der Waals surface area contributed by atoms with Gasteiger partial charge in [0.1, 0.15) is 0 Å². The molecule has 1 aromatic heterocycles. The molecule has 20 heavy (non-hydrogen) atoms. The van der Waals surface area contributed by atoms with Crippen LogP contribution in [0.25, 0.3) is 0 Å². The van der Waals surface area contributed by atoms with Gasteiger partial charge in [-0.15, -0.1) is 0 Å². The topological polar surface area (TPSA) is 68.1 Å². The van der Waals surface area contributed by atoms with E-state index in [4.69, 9.17) is 0 Å². The van der Waals surface area contributed by atoms with Crippen LogP contribution in [0.15, 0.2) is 18.3 Å². The minimum absolute atomic E-state index is 0.192. The molecule has 1 aliphatic rings. The summed E-state index contributed by atoms with van der Waals surface area (Å²) in [4.78, 5) is 15.1. The Morgan fingerprint density at radius 2 is 2.25 bits per heavy atom. The van der Waals surface area contributed by atoms with E-state index in [-0.39, 0.29) is 10.6 Å². The lowest BCUT2D eigenvalue weighted by atomic mass is 9.94. The van der Waals surface area contributed by atoms with Gasteiger partial charge >= 0.3 is 0 Å². The lowest BCUT2D eigenvalue weighted by Gasteiger charge is -2.18. The first kappa shape index (κ1) is 14.7. The van der Waals surface area contributed by atoms with Crippen molar-refractivity contribution in [3.05, 3.63) is 45.3 Å². The summed E-state index contributed by atoms with van der Waals surface area (Å²) in [6.07, 6.45) is 9.53. The molecule has 1 aromatic rings. The van der Waals surface area contributed by atoms with E-state index in [1.54, 1.807) is 20.0 Å². The van der Waals surface area contributed by atoms with Crippen LogP contribution in [0, 0.1) is 29.9 Å². The molecule has 0 spiro atoms. The van der Waals surface area contributed by atoms with Gasteiger partial charge in [0.25, 0.3) is 5.69 Å². The highest BCUT2D eigenvalue weighted by molar-refractivity contribution is 5.47. The standard InChI is InChI=1S/C15H21N3O2/c1-11-8-17-14(12(2)15(11)18(19)20)10-16-9-13-6-4-3-5-7-13/h3-4,8,13,16H,5-7,9-10H2,1-2H3. The van der Waals surface area contributed by atoms with E-state index in [0.717, 1.165) is 25.1 Å². The van der Waals surface area contributed by atoms with Gasteiger partial charge < -0.3 is 5.32 Å². The number of hydrogen-bond acceptors (Lipinski definition) is 4. The van der Waals surface area contributed by atoms with E-state index in [0.29, 0.717) is 23.6 Å². The molecule has 0 aromatic carbocycles. The average Bonchev–Trinajstić information content (AvgIpc) is 2.42. The Morgan fingerprint density at radius 1 is 1.45 bits per heavy atom. The zero-order chi connectivity index (χ0) is 14.5. The second-order valence-corrected chi connectivity index (χ2v) is 5.40. The molecule has 1 heterocycles. The van der Waals surface area contributed by atoms with E-state index >= 15 is 0 Å². The fraction of sp³-hybridized carbons (Fsp3) is 0.533. The van der Waals surface area contributed by atoms with Gasteiger partial charge in [-0.05, 0) is 45.6 Å². The van der Waals surface area contributed by atoms with E-state index in [9.17, 15) is 10.1 Å². The number of pyridine rings is 1. The Balaban J connectivity index is 1.97. The van der Waals surface area contributed by atoms with Gasteiger partial charge in [-0.25, -0.2) is 0 Å². The van der Waals surface area contributed by atoms with Crippen LogP contribution in [-0.4, -0.2) is 16.5 Å². The van der Waals surface area contributed by atoms with Crippen LogP contribution in [0.4, 0.5) is 5.69 Å². The molecule has 0 saturated heterocycles. The third kappa shape index (κ3) is 3.42. The van der Waals surface area contributed by atoms with Crippen LogP contribution in [0.1, 0.15) is 36.1 Å². The predicted molar refractivity (Wildman–Crippen MR) is 78.6 cm³/mol. The van der Waals surface area contributed by atoms with E-state index < -0.39 is 0 Å². The summed E-state index contributed by atoms with van der Waals surface area (Å²) in [6.45, 7) is 5.03. The first-order chi connectivity index (χ1) is 9.59. The van der Waals surface area contributed by atoms with Crippen molar-refractivity contribution >= 4 is 5.69 Å². The Bertz CT molecular complexity index is 526. The molecule has 0 saturated carbocycles. The zero-order valence-electron chi connectivity index (χ0n) is 12.1. The highest BCUT2D eigenvalue weighted by Crippen LogP contribution is 2.24. The largest absolute Gasteiger partial charge is 0.311 e. The van der Waals surface area contributed by atoms with Crippen molar-refractivity contribution in [1.82, 2.24) is 10.3 Å². The van der Waals surface area contributed by atoms with Gasteiger partial charge in [-0.3, -0.25) is 15.1 Å². The molecule has 0 bridgehead atoms. The Morgan fingerprint density at radius 3 is 2.90 bits per heavy atom. The summed E-state index contributed by atoms with van der Waals surface area (Å²) in [5, 5.41) is 14.4. The molecule has 5 nitrogen and oxygen atoms in total. The Hall–Kier alpha value is -1.75. The highest BCUT2D eigenvalue weighted by atomic mass is 16.6.